The third-order valence-corrected chi connectivity index (χ3v) is 3.93. The van der Waals surface area contributed by atoms with Crippen LogP contribution in [0, 0.1) is 11.3 Å². The molecule has 1 aromatic rings. The molecule has 0 saturated heterocycles. The number of hydrogen-bond donors (Lipinski definition) is 2. The molecule has 1 aromatic carbocycles. The quantitative estimate of drug-likeness (QED) is 0.843. The Balaban J connectivity index is 1.89. The Hall–Kier alpha value is -2.04. The van der Waals surface area contributed by atoms with E-state index in [1.165, 1.54) is 0 Å². The first-order chi connectivity index (χ1) is 9.79. The molecule has 21 heavy (non-hydrogen) atoms. The first-order valence-electron chi connectivity index (χ1n) is 7.04. The summed E-state index contributed by atoms with van der Waals surface area (Å²) >= 11 is 0. The van der Waals surface area contributed by atoms with Crippen molar-refractivity contribution >= 4 is 11.9 Å². The second-order valence-electron chi connectivity index (χ2n) is 6.23. The van der Waals surface area contributed by atoms with Gasteiger partial charge in [0.15, 0.2) is 6.61 Å². The molecule has 0 spiro atoms. The molecule has 1 aliphatic rings. The molecule has 1 saturated carbocycles. The Morgan fingerprint density at radius 1 is 1.38 bits per heavy atom. The summed E-state index contributed by atoms with van der Waals surface area (Å²) < 4.78 is 5.07. The summed E-state index contributed by atoms with van der Waals surface area (Å²) in [6, 6.07) is 7.01. The van der Waals surface area contributed by atoms with Crippen LogP contribution in [0.25, 0.3) is 0 Å². The molecular formula is C16H21NO4. The van der Waals surface area contributed by atoms with E-state index in [-0.39, 0.29) is 29.9 Å². The molecule has 2 rings (SSSR count). The number of carbonyl (C=O) groups is 2. The highest BCUT2D eigenvalue weighted by Gasteiger charge is 2.50. The van der Waals surface area contributed by atoms with Crippen LogP contribution in [0.1, 0.15) is 38.8 Å². The topological polar surface area (TPSA) is 75.6 Å². The Labute approximate surface area is 124 Å². The van der Waals surface area contributed by atoms with E-state index in [0.29, 0.717) is 5.75 Å². The number of benzene rings is 1. The van der Waals surface area contributed by atoms with Crippen molar-refractivity contribution in [3.8, 4) is 5.75 Å². The van der Waals surface area contributed by atoms with Gasteiger partial charge in [-0.05, 0) is 36.5 Å². The number of ether oxygens (including phenoxy) is 1. The standard InChI is InChI=1S/C16H21NO4/c1-10(17-15(20)13-8-16(13,2)3)11-4-6-12(7-5-11)21-9-14(18)19/h4-7,10,13H,8-9H2,1-3H3,(H,17,20)(H,18,19). The van der Waals surface area contributed by atoms with Crippen LogP contribution in [-0.4, -0.2) is 23.6 Å². The van der Waals surface area contributed by atoms with Gasteiger partial charge in [-0.15, -0.1) is 0 Å². The van der Waals surface area contributed by atoms with Gasteiger partial charge in [-0.25, -0.2) is 4.79 Å². The highest BCUT2D eigenvalue weighted by Crippen LogP contribution is 2.51. The van der Waals surface area contributed by atoms with Crippen molar-refractivity contribution in [1.29, 1.82) is 0 Å². The molecule has 0 aromatic heterocycles. The first-order valence-corrected chi connectivity index (χ1v) is 7.04. The van der Waals surface area contributed by atoms with Crippen LogP contribution in [0.3, 0.4) is 0 Å². The zero-order valence-electron chi connectivity index (χ0n) is 12.6. The minimum Gasteiger partial charge on any atom is -0.482 e. The van der Waals surface area contributed by atoms with Gasteiger partial charge < -0.3 is 15.2 Å². The lowest BCUT2D eigenvalue weighted by atomic mass is 10.1. The van der Waals surface area contributed by atoms with Crippen LogP contribution >= 0.6 is 0 Å². The summed E-state index contributed by atoms with van der Waals surface area (Å²) in [6.07, 6.45) is 0.938. The molecule has 5 heteroatoms. The lowest BCUT2D eigenvalue weighted by Crippen LogP contribution is -2.29. The van der Waals surface area contributed by atoms with E-state index in [1.807, 2.05) is 19.1 Å². The van der Waals surface area contributed by atoms with E-state index in [0.717, 1.165) is 12.0 Å². The monoisotopic (exact) mass is 291 g/mol. The zero-order valence-corrected chi connectivity index (χ0v) is 12.6. The van der Waals surface area contributed by atoms with Crippen molar-refractivity contribution in [2.75, 3.05) is 6.61 Å². The van der Waals surface area contributed by atoms with Crippen LogP contribution in [0.15, 0.2) is 24.3 Å². The highest BCUT2D eigenvalue weighted by atomic mass is 16.5. The van der Waals surface area contributed by atoms with Crippen LogP contribution < -0.4 is 10.1 Å². The normalized spacial score (nSPS) is 20.4. The average Bonchev–Trinajstić information content (AvgIpc) is 3.06. The number of aliphatic carboxylic acids is 1. The Morgan fingerprint density at radius 3 is 2.43 bits per heavy atom. The molecule has 1 amide bonds. The van der Waals surface area contributed by atoms with Crippen molar-refractivity contribution < 1.29 is 19.4 Å². The smallest absolute Gasteiger partial charge is 0.341 e. The number of nitrogens with one attached hydrogen (secondary N) is 1. The molecule has 5 nitrogen and oxygen atoms in total. The van der Waals surface area contributed by atoms with Crippen molar-refractivity contribution in [3.63, 3.8) is 0 Å². The van der Waals surface area contributed by atoms with Gasteiger partial charge in [-0.1, -0.05) is 26.0 Å². The number of rotatable bonds is 6. The van der Waals surface area contributed by atoms with Gasteiger partial charge in [0, 0.05) is 5.92 Å². The average molecular weight is 291 g/mol. The highest BCUT2D eigenvalue weighted by molar-refractivity contribution is 5.82. The molecule has 0 aliphatic heterocycles. The molecule has 0 bridgehead atoms. The molecule has 1 aliphatic carbocycles. The maximum absolute atomic E-state index is 12.0. The molecule has 0 radical (unpaired) electrons. The lowest BCUT2D eigenvalue weighted by molar-refractivity contribution is -0.139. The van der Waals surface area contributed by atoms with Gasteiger partial charge in [-0.3, -0.25) is 4.79 Å². The lowest BCUT2D eigenvalue weighted by Gasteiger charge is -2.15. The molecule has 1 fully saturated rings. The number of amides is 1. The van der Waals surface area contributed by atoms with Gasteiger partial charge in [0.1, 0.15) is 5.75 Å². The fourth-order valence-corrected chi connectivity index (χ4v) is 2.31. The van der Waals surface area contributed by atoms with Crippen molar-refractivity contribution in [3.05, 3.63) is 29.8 Å². The molecule has 0 heterocycles. The Kier molecular flexibility index (Phi) is 4.21. The predicted octanol–water partition coefficient (Wildman–Crippen LogP) is 2.37. The minimum atomic E-state index is -1.01. The van der Waals surface area contributed by atoms with E-state index in [4.69, 9.17) is 9.84 Å². The predicted molar refractivity (Wildman–Crippen MR) is 78.0 cm³/mol. The van der Waals surface area contributed by atoms with E-state index in [9.17, 15) is 9.59 Å². The van der Waals surface area contributed by atoms with Gasteiger partial charge in [0.25, 0.3) is 0 Å². The van der Waals surface area contributed by atoms with Crippen molar-refractivity contribution in [1.82, 2.24) is 5.32 Å². The summed E-state index contributed by atoms with van der Waals surface area (Å²) in [6.45, 7) is 5.76. The van der Waals surface area contributed by atoms with Crippen molar-refractivity contribution in [2.45, 2.75) is 33.2 Å². The van der Waals surface area contributed by atoms with E-state index < -0.39 is 5.97 Å². The molecule has 2 N–H and O–H groups in total. The third-order valence-electron chi connectivity index (χ3n) is 3.93. The van der Waals surface area contributed by atoms with Gasteiger partial charge in [-0.2, -0.15) is 0 Å². The maximum atomic E-state index is 12.0. The number of carboxylic acids is 1. The second-order valence-corrected chi connectivity index (χ2v) is 6.23. The molecule has 2 atom stereocenters. The second kappa shape index (κ2) is 5.76. The van der Waals surface area contributed by atoms with Crippen LogP contribution in [-0.2, 0) is 9.59 Å². The maximum Gasteiger partial charge on any atom is 0.341 e. The van der Waals surface area contributed by atoms with E-state index >= 15 is 0 Å². The van der Waals surface area contributed by atoms with E-state index in [2.05, 4.69) is 19.2 Å². The number of carbonyl (C=O) groups excluding carboxylic acids is 1. The molecular weight excluding hydrogens is 270 g/mol. The van der Waals surface area contributed by atoms with Gasteiger partial charge >= 0.3 is 5.97 Å². The summed E-state index contributed by atoms with van der Waals surface area (Å²) in [5, 5.41) is 11.6. The number of hydrogen-bond acceptors (Lipinski definition) is 3. The van der Waals surface area contributed by atoms with Crippen LogP contribution in [0.2, 0.25) is 0 Å². The minimum absolute atomic E-state index is 0.0811. The third kappa shape index (κ3) is 3.97. The van der Waals surface area contributed by atoms with Gasteiger partial charge in [0.2, 0.25) is 5.91 Å². The summed E-state index contributed by atoms with van der Waals surface area (Å²) in [7, 11) is 0. The van der Waals surface area contributed by atoms with Crippen molar-refractivity contribution in [2.24, 2.45) is 11.3 Å². The zero-order chi connectivity index (χ0) is 15.6. The molecule has 114 valence electrons. The summed E-state index contributed by atoms with van der Waals surface area (Å²) in [5.41, 5.74) is 1.09. The SMILES string of the molecule is CC(NC(=O)C1CC1(C)C)c1ccc(OCC(=O)O)cc1. The largest absolute Gasteiger partial charge is 0.482 e. The fourth-order valence-electron chi connectivity index (χ4n) is 2.31. The first kappa shape index (κ1) is 15.4. The fraction of sp³-hybridized carbons (Fsp3) is 0.500. The van der Waals surface area contributed by atoms with Gasteiger partial charge in [0.05, 0.1) is 6.04 Å². The summed E-state index contributed by atoms with van der Waals surface area (Å²) in [4.78, 5) is 22.5. The van der Waals surface area contributed by atoms with Crippen LogP contribution in [0.5, 0.6) is 5.75 Å². The number of carboxylic acid groups (broad SMARTS) is 1. The Morgan fingerprint density at radius 2 is 1.95 bits per heavy atom. The van der Waals surface area contributed by atoms with E-state index in [1.54, 1.807) is 12.1 Å². The Bertz CT molecular complexity index is 536. The van der Waals surface area contributed by atoms with Crippen LogP contribution in [0.4, 0.5) is 0 Å². The molecule has 2 unspecified atom stereocenters. The summed E-state index contributed by atoms with van der Waals surface area (Å²) in [5.74, 6) is -0.299.